The number of aromatic nitrogens is 4. The van der Waals surface area contributed by atoms with Crippen LogP contribution in [0.4, 0.5) is 14.9 Å². The van der Waals surface area contributed by atoms with E-state index in [-0.39, 0.29) is 34.3 Å². The van der Waals surface area contributed by atoms with E-state index in [9.17, 15) is 4.79 Å². The van der Waals surface area contributed by atoms with Gasteiger partial charge in [-0.2, -0.15) is 0 Å². The molecule has 6 aromatic rings. The second kappa shape index (κ2) is 15.1. The molecule has 0 radical (unpaired) electrons. The number of hydrogen-bond acceptors (Lipinski definition) is 6. The van der Waals surface area contributed by atoms with Crippen LogP contribution in [0.5, 0.6) is 11.5 Å². The fraction of sp³-hybridized carbons (Fsp3) is 0.273. The van der Waals surface area contributed by atoms with E-state index < -0.39 is 11.4 Å². The number of amides is 2. The van der Waals surface area contributed by atoms with E-state index in [1.54, 1.807) is 47.1 Å². The molecular weight excluding hydrogens is 680 g/mol. The Morgan fingerprint density at radius 1 is 0.778 bits per heavy atom. The number of urea groups is 1. The van der Waals surface area contributed by atoms with E-state index in [4.69, 9.17) is 19.8 Å². The molecule has 0 unspecified atom stereocenters. The van der Waals surface area contributed by atoms with Gasteiger partial charge in [0.2, 0.25) is 5.82 Å². The molecule has 1 fully saturated rings. The van der Waals surface area contributed by atoms with Crippen molar-refractivity contribution in [3.8, 4) is 34.0 Å². The summed E-state index contributed by atoms with van der Waals surface area (Å²) in [5.74, 6) is 0.526. The minimum absolute atomic E-state index is 0.0953. The Morgan fingerprint density at radius 3 is 1.80 bits per heavy atom. The van der Waals surface area contributed by atoms with Crippen LogP contribution in [0.2, 0.25) is 0 Å². The van der Waals surface area contributed by atoms with Crippen LogP contribution >= 0.6 is 0 Å². The molecule has 54 heavy (non-hydrogen) atoms. The number of benzene rings is 5. The molecule has 5 aromatic carbocycles. The molecule has 7 rings (SSSR count). The largest absolute Gasteiger partial charge is 0.497 e. The zero-order chi connectivity index (χ0) is 37.9. The van der Waals surface area contributed by atoms with Crippen molar-refractivity contribution in [2.24, 2.45) is 11.3 Å². The van der Waals surface area contributed by atoms with Crippen LogP contribution in [0.3, 0.4) is 0 Å². The number of halogens is 1. The van der Waals surface area contributed by atoms with Gasteiger partial charge < -0.3 is 19.7 Å². The van der Waals surface area contributed by atoms with Gasteiger partial charge in [0, 0.05) is 24.2 Å². The van der Waals surface area contributed by atoms with Gasteiger partial charge in [-0.05, 0) is 69.8 Å². The van der Waals surface area contributed by atoms with Gasteiger partial charge in [-0.3, -0.25) is 0 Å². The molecular formula is C44H45FN6O3. The van der Waals surface area contributed by atoms with Crippen molar-refractivity contribution in [2.75, 3.05) is 32.6 Å². The van der Waals surface area contributed by atoms with Crippen LogP contribution in [0, 0.1) is 17.2 Å². The van der Waals surface area contributed by atoms with Gasteiger partial charge in [0.25, 0.3) is 0 Å². The first kappa shape index (κ1) is 36.3. The van der Waals surface area contributed by atoms with E-state index in [1.165, 1.54) is 7.11 Å². The highest BCUT2D eigenvalue weighted by molar-refractivity contribution is 5.95. The van der Waals surface area contributed by atoms with Crippen LogP contribution < -0.4 is 14.8 Å². The highest BCUT2D eigenvalue weighted by atomic mass is 19.1. The average Bonchev–Trinajstić information content (AvgIpc) is 3.70. The Morgan fingerprint density at radius 2 is 1.31 bits per heavy atom. The molecule has 0 spiro atoms. The number of likely N-dealkylation sites (tertiary alicyclic amines) is 1. The van der Waals surface area contributed by atoms with E-state index in [0.29, 0.717) is 35.9 Å². The van der Waals surface area contributed by atoms with Crippen molar-refractivity contribution < 1.29 is 18.7 Å². The van der Waals surface area contributed by atoms with Crippen molar-refractivity contribution in [3.05, 3.63) is 144 Å². The van der Waals surface area contributed by atoms with Crippen LogP contribution in [-0.2, 0) is 5.54 Å². The Kier molecular flexibility index (Phi) is 10.2. The first-order valence-electron chi connectivity index (χ1n) is 18.2. The number of carbonyl (C=O) groups excluding carboxylic acids is 1. The minimum atomic E-state index is -1.05. The van der Waals surface area contributed by atoms with Gasteiger partial charge in [0.15, 0.2) is 17.1 Å². The summed E-state index contributed by atoms with van der Waals surface area (Å²) in [4.78, 5) is 17.1. The summed E-state index contributed by atoms with van der Waals surface area (Å²) in [5.41, 5.74) is 3.07. The third kappa shape index (κ3) is 6.79. The molecule has 1 saturated heterocycles. The SMILES string of the molecule is COc1ccc(-c2c(-c3nnn(C(c4ccccc4)(c4ccccc4)c4ccccc4)n3)cc(NC(=O)N3CCC(C(C)(C)C)CC3)c(OC)c2F)cc1. The molecule has 1 N–H and O–H groups in total. The third-order valence-corrected chi connectivity index (χ3v) is 10.6. The summed E-state index contributed by atoms with van der Waals surface area (Å²) in [5, 5.41) is 17.4. The molecule has 1 aromatic heterocycles. The van der Waals surface area contributed by atoms with Crippen molar-refractivity contribution in [1.29, 1.82) is 0 Å². The molecule has 2 amide bonds. The molecule has 0 atom stereocenters. The van der Waals surface area contributed by atoms with E-state index in [1.807, 2.05) is 91.0 Å². The fourth-order valence-electron chi connectivity index (χ4n) is 7.63. The number of carbonyl (C=O) groups is 1. The Hall–Kier alpha value is -6.03. The maximum absolute atomic E-state index is 17.1. The number of hydrogen-bond donors (Lipinski definition) is 1. The highest BCUT2D eigenvalue weighted by Crippen LogP contribution is 2.44. The summed E-state index contributed by atoms with van der Waals surface area (Å²) in [6.07, 6.45) is 1.78. The van der Waals surface area contributed by atoms with Gasteiger partial charge in [0.05, 0.1) is 19.9 Å². The van der Waals surface area contributed by atoms with Crippen LogP contribution in [0.15, 0.2) is 121 Å². The number of rotatable bonds is 9. The standard InChI is InChI=1S/C44H45FN6O3/c1-43(2,3)31-25-27-50(28-26-31)42(52)46-37-29-36(38(39(45)40(37)54-5)30-21-23-35(53-4)24-22-30)41-47-49-51(48-41)44(32-15-9-6-10-16-32,33-17-11-7-12-18-33)34-19-13-8-14-20-34/h6-24,29,31H,25-28H2,1-5H3,(H,46,52). The van der Waals surface area contributed by atoms with Crippen LogP contribution in [0.1, 0.15) is 50.3 Å². The van der Waals surface area contributed by atoms with Crippen molar-refractivity contribution in [1.82, 2.24) is 25.1 Å². The van der Waals surface area contributed by atoms with E-state index in [2.05, 4.69) is 31.2 Å². The monoisotopic (exact) mass is 724 g/mol. The van der Waals surface area contributed by atoms with Gasteiger partial charge in [0.1, 0.15) is 5.75 Å². The molecule has 9 nitrogen and oxygen atoms in total. The number of nitrogens with one attached hydrogen (secondary N) is 1. The average molecular weight is 725 g/mol. The summed E-state index contributed by atoms with van der Waals surface area (Å²) in [6, 6.07) is 38.4. The van der Waals surface area contributed by atoms with Gasteiger partial charge in [-0.15, -0.1) is 15.0 Å². The number of methoxy groups -OCH3 is 2. The zero-order valence-electron chi connectivity index (χ0n) is 31.3. The Bertz CT molecular complexity index is 2100. The van der Waals surface area contributed by atoms with E-state index >= 15 is 4.39 Å². The lowest BCUT2D eigenvalue weighted by molar-refractivity contribution is 0.128. The second-order valence-corrected chi connectivity index (χ2v) is 14.7. The van der Waals surface area contributed by atoms with E-state index in [0.717, 1.165) is 29.5 Å². The number of ether oxygens (including phenoxy) is 2. The van der Waals surface area contributed by atoms with Gasteiger partial charge in [-0.25, -0.2) is 9.18 Å². The normalized spacial score (nSPS) is 13.8. The maximum atomic E-state index is 17.1. The predicted molar refractivity (Wildman–Crippen MR) is 209 cm³/mol. The number of nitrogens with zero attached hydrogens (tertiary/aromatic N) is 5. The van der Waals surface area contributed by atoms with Crippen molar-refractivity contribution >= 4 is 11.7 Å². The van der Waals surface area contributed by atoms with Crippen molar-refractivity contribution in [3.63, 3.8) is 0 Å². The lowest BCUT2D eigenvalue weighted by Crippen LogP contribution is -2.43. The molecule has 0 aliphatic carbocycles. The topological polar surface area (TPSA) is 94.4 Å². The minimum Gasteiger partial charge on any atom is -0.497 e. The second-order valence-electron chi connectivity index (χ2n) is 14.7. The summed E-state index contributed by atoms with van der Waals surface area (Å²) in [7, 11) is 2.97. The molecule has 0 bridgehead atoms. The zero-order valence-corrected chi connectivity index (χ0v) is 31.3. The summed E-state index contributed by atoms with van der Waals surface area (Å²) < 4.78 is 28.1. The third-order valence-electron chi connectivity index (χ3n) is 10.6. The highest BCUT2D eigenvalue weighted by Gasteiger charge is 2.41. The quantitative estimate of drug-likeness (QED) is 0.150. The maximum Gasteiger partial charge on any atom is 0.321 e. The molecule has 1 aliphatic heterocycles. The lowest BCUT2D eigenvalue weighted by atomic mass is 9.75. The molecule has 2 heterocycles. The summed E-state index contributed by atoms with van der Waals surface area (Å²) >= 11 is 0. The molecule has 276 valence electrons. The van der Waals surface area contributed by atoms with Crippen molar-refractivity contribution in [2.45, 2.75) is 39.2 Å². The first-order valence-corrected chi connectivity index (χ1v) is 18.2. The first-order chi connectivity index (χ1) is 26.1. The van der Waals surface area contributed by atoms with Gasteiger partial charge >= 0.3 is 6.03 Å². The van der Waals surface area contributed by atoms with Crippen LogP contribution in [-0.4, -0.2) is 58.4 Å². The Balaban J connectivity index is 1.39. The predicted octanol–water partition coefficient (Wildman–Crippen LogP) is 9.29. The number of anilines is 1. The lowest BCUT2D eigenvalue weighted by Gasteiger charge is -2.38. The summed E-state index contributed by atoms with van der Waals surface area (Å²) in [6.45, 7) is 7.92. The molecule has 0 saturated carbocycles. The molecule has 10 heteroatoms. The molecule has 1 aliphatic rings. The Labute approximate surface area is 315 Å². The number of piperidine rings is 1. The smallest absolute Gasteiger partial charge is 0.321 e. The number of tetrazole rings is 1. The van der Waals surface area contributed by atoms with Crippen LogP contribution in [0.25, 0.3) is 22.5 Å². The fourth-order valence-corrected chi connectivity index (χ4v) is 7.63. The van der Waals surface area contributed by atoms with Gasteiger partial charge in [-0.1, -0.05) is 124 Å².